The van der Waals surface area contributed by atoms with Gasteiger partial charge < -0.3 is 11.1 Å². The Labute approximate surface area is 146 Å². The summed E-state index contributed by atoms with van der Waals surface area (Å²) in [5.74, 6) is -0.433. The topological polar surface area (TPSA) is 80.9 Å². The van der Waals surface area contributed by atoms with Crippen molar-refractivity contribution in [1.82, 2.24) is 9.97 Å². The van der Waals surface area contributed by atoms with E-state index >= 15 is 0 Å². The molecule has 126 valence electrons. The molecular formula is C20H20N4O. The second kappa shape index (κ2) is 6.51. The van der Waals surface area contributed by atoms with E-state index in [-0.39, 0.29) is 0 Å². The van der Waals surface area contributed by atoms with Crippen molar-refractivity contribution in [3.05, 3.63) is 54.4 Å². The quantitative estimate of drug-likeness (QED) is 0.762. The molecular weight excluding hydrogens is 312 g/mol. The van der Waals surface area contributed by atoms with Crippen LogP contribution in [-0.4, -0.2) is 21.9 Å². The molecule has 1 aliphatic rings. The van der Waals surface area contributed by atoms with Gasteiger partial charge in [-0.05, 0) is 42.7 Å². The summed E-state index contributed by atoms with van der Waals surface area (Å²) in [4.78, 5) is 20.5. The van der Waals surface area contributed by atoms with Crippen molar-refractivity contribution in [1.29, 1.82) is 0 Å². The van der Waals surface area contributed by atoms with E-state index in [1.165, 1.54) is 25.7 Å². The molecule has 3 N–H and O–H groups in total. The van der Waals surface area contributed by atoms with Crippen LogP contribution in [-0.2, 0) is 0 Å². The maximum absolute atomic E-state index is 11.5. The minimum atomic E-state index is -0.433. The molecule has 1 aromatic heterocycles. The number of nitrogens with zero attached hydrogens (tertiary/aromatic N) is 2. The molecule has 2 aromatic carbocycles. The second-order valence-electron chi connectivity index (χ2n) is 6.52. The van der Waals surface area contributed by atoms with E-state index in [1.54, 1.807) is 18.5 Å². The Morgan fingerprint density at radius 1 is 1.08 bits per heavy atom. The van der Waals surface area contributed by atoms with Gasteiger partial charge in [-0.25, -0.2) is 0 Å². The van der Waals surface area contributed by atoms with Crippen LogP contribution in [0.5, 0.6) is 0 Å². The SMILES string of the molecule is NC(=O)c1cccc(-c2cc(NC3CCCC3)cc3nccnc23)c1. The van der Waals surface area contributed by atoms with Crippen molar-refractivity contribution < 1.29 is 4.79 Å². The molecule has 1 fully saturated rings. The summed E-state index contributed by atoms with van der Waals surface area (Å²) in [6, 6.07) is 12.0. The standard InChI is InChI=1S/C20H20N4O/c21-20(25)14-5-3-4-13(10-14)17-11-16(24-15-6-1-2-7-15)12-18-19(17)23-9-8-22-18/h3-5,8-12,15,24H,1-2,6-7H2,(H2,21,25). The van der Waals surface area contributed by atoms with Crippen LogP contribution in [0.3, 0.4) is 0 Å². The predicted molar refractivity (Wildman–Crippen MR) is 99.4 cm³/mol. The predicted octanol–water partition coefficient (Wildman–Crippen LogP) is 3.75. The Bertz CT molecular complexity index is 932. The number of hydrogen-bond donors (Lipinski definition) is 2. The zero-order chi connectivity index (χ0) is 17.2. The minimum absolute atomic E-state index is 0.433. The first-order valence-corrected chi connectivity index (χ1v) is 8.62. The van der Waals surface area contributed by atoms with Crippen LogP contribution in [0, 0.1) is 0 Å². The number of nitrogens with one attached hydrogen (secondary N) is 1. The number of aromatic nitrogens is 2. The number of rotatable bonds is 4. The summed E-state index contributed by atoms with van der Waals surface area (Å²) in [6.45, 7) is 0. The summed E-state index contributed by atoms with van der Waals surface area (Å²) in [5, 5.41) is 3.62. The Morgan fingerprint density at radius 3 is 2.68 bits per heavy atom. The second-order valence-corrected chi connectivity index (χ2v) is 6.52. The van der Waals surface area contributed by atoms with E-state index < -0.39 is 5.91 Å². The summed E-state index contributed by atoms with van der Waals surface area (Å²) in [6.07, 6.45) is 8.34. The van der Waals surface area contributed by atoms with E-state index in [4.69, 9.17) is 5.73 Å². The Kier molecular flexibility index (Phi) is 4.06. The van der Waals surface area contributed by atoms with Gasteiger partial charge in [0.15, 0.2) is 0 Å². The molecule has 3 aromatic rings. The first-order valence-electron chi connectivity index (χ1n) is 8.62. The number of primary amides is 1. The lowest BCUT2D eigenvalue weighted by Gasteiger charge is -2.16. The van der Waals surface area contributed by atoms with Crippen LogP contribution in [0.4, 0.5) is 5.69 Å². The summed E-state index contributed by atoms with van der Waals surface area (Å²) in [7, 11) is 0. The van der Waals surface area contributed by atoms with E-state index in [0.717, 1.165) is 27.8 Å². The lowest BCUT2D eigenvalue weighted by atomic mass is 10.00. The van der Waals surface area contributed by atoms with Crippen molar-refractivity contribution in [2.24, 2.45) is 5.73 Å². The smallest absolute Gasteiger partial charge is 0.248 e. The normalized spacial score (nSPS) is 14.7. The first-order chi connectivity index (χ1) is 12.2. The highest BCUT2D eigenvalue weighted by Gasteiger charge is 2.16. The number of benzene rings is 2. The van der Waals surface area contributed by atoms with Crippen molar-refractivity contribution in [2.45, 2.75) is 31.7 Å². The van der Waals surface area contributed by atoms with Crippen LogP contribution < -0.4 is 11.1 Å². The van der Waals surface area contributed by atoms with Crippen LogP contribution in [0.25, 0.3) is 22.2 Å². The Balaban J connectivity index is 1.83. The number of nitrogens with two attached hydrogens (primary N) is 1. The van der Waals surface area contributed by atoms with Gasteiger partial charge in [0.1, 0.15) is 0 Å². The van der Waals surface area contributed by atoms with E-state index in [9.17, 15) is 4.79 Å². The van der Waals surface area contributed by atoms with Gasteiger partial charge >= 0.3 is 0 Å². The Hall–Kier alpha value is -2.95. The highest BCUT2D eigenvalue weighted by Crippen LogP contribution is 2.32. The average Bonchev–Trinajstić information content (AvgIpc) is 3.14. The van der Waals surface area contributed by atoms with Crippen LogP contribution in [0.1, 0.15) is 36.0 Å². The van der Waals surface area contributed by atoms with Crippen LogP contribution in [0.15, 0.2) is 48.8 Å². The number of hydrogen-bond acceptors (Lipinski definition) is 4. The molecule has 5 nitrogen and oxygen atoms in total. The number of carbonyl (C=O) groups excluding carboxylic acids is 1. The fraction of sp³-hybridized carbons (Fsp3) is 0.250. The van der Waals surface area contributed by atoms with Crippen molar-refractivity contribution in [3.63, 3.8) is 0 Å². The molecule has 25 heavy (non-hydrogen) atoms. The zero-order valence-electron chi connectivity index (χ0n) is 13.9. The molecule has 0 atom stereocenters. The lowest BCUT2D eigenvalue weighted by molar-refractivity contribution is 0.100. The molecule has 5 heteroatoms. The molecule has 1 heterocycles. The highest BCUT2D eigenvalue weighted by atomic mass is 16.1. The maximum Gasteiger partial charge on any atom is 0.248 e. The van der Waals surface area contributed by atoms with Crippen LogP contribution in [0.2, 0.25) is 0 Å². The molecule has 0 unspecified atom stereocenters. The van der Waals surface area contributed by atoms with Gasteiger partial charge in [-0.2, -0.15) is 0 Å². The third-order valence-corrected chi connectivity index (χ3v) is 4.76. The van der Waals surface area contributed by atoms with Crippen molar-refractivity contribution in [2.75, 3.05) is 5.32 Å². The summed E-state index contributed by atoms with van der Waals surface area (Å²) >= 11 is 0. The number of amides is 1. The molecule has 1 aliphatic carbocycles. The lowest BCUT2D eigenvalue weighted by Crippen LogP contribution is -2.14. The van der Waals surface area contributed by atoms with Gasteiger partial charge in [-0.3, -0.25) is 14.8 Å². The van der Waals surface area contributed by atoms with E-state index in [0.29, 0.717) is 11.6 Å². The van der Waals surface area contributed by atoms with Gasteiger partial charge in [0.25, 0.3) is 0 Å². The first kappa shape index (κ1) is 15.6. The van der Waals surface area contributed by atoms with Crippen LogP contribution >= 0.6 is 0 Å². The van der Waals surface area contributed by atoms with Gasteiger partial charge in [-0.15, -0.1) is 0 Å². The molecule has 0 radical (unpaired) electrons. The molecule has 0 saturated heterocycles. The molecule has 0 aliphatic heterocycles. The summed E-state index contributed by atoms with van der Waals surface area (Å²) in [5.41, 5.74) is 10.5. The number of anilines is 1. The molecule has 0 spiro atoms. The minimum Gasteiger partial charge on any atom is -0.382 e. The molecule has 4 rings (SSSR count). The van der Waals surface area contributed by atoms with Gasteiger partial charge in [0, 0.05) is 35.2 Å². The number of carbonyl (C=O) groups is 1. The maximum atomic E-state index is 11.5. The van der Waals surface area contributed by atoms with Gasteiger partial charge in [0.05, 0.1) is 11.0 Å². The van der Waals surface area contributed by atoms with Crippen molar-refractivity contribution in [3.8, 4) is 11.1 Å². The molecule has 1 amide bonds. The molecule has 0 bridgehead atoms. The fourth-order valence-corrected chi connectivity index (χ4v) is 3.52. The molecule has 1 saturated carbocycles. The third-order valence-electron chi connectivity index (χ3n) is 4.76. The van der Waals surface area contributed by atoms with Gasteiger partial charge in [-0.1, -0.05) is 25.0 Å². The van der Waals surface area contributed by atoms with Gasteiger partial charge in [0.2, 0.25) is 5.91 Å². The monoisotopic (exact) mass is 332 g/mol. The van der Waals surface area contributed by atoms with E-state index in [1.807, 2.05) is 24.3 Å². The third kappa shape index (κ3) is 3.18. The number of fused-ring (bicyclic) bond motifs is 1. The highest BCUT2D eigenvalue weighted by molar-refractivity contribution is 5.98. The largest absolute Gasteiger partial charge is 0.382 e. The summed E-state index contributed by atoms with van der Waals surface area (Å²) < 4.78 is 0. The van der Waals surface area contributed by atoms with E-state index in [2.05, 4.69) is 21.4 Å². The fourth-order valence-electron chi connectivity index (χ4n) is 3.52. The average molecular weight is 332 g/mol. The Morgan fingerprint density at radius 2 is 1.88 bits per heavy atom. The zero-order valence-corrected chi connectivity index (χ0v) is 13.9. The van der Waals surface area contributed by atoms with Crippen molar-refractivity contribution >= 4 is 22.6 Å².